The number of hydroxylamine groups is 1. The molecular formula is C19H17N3O3S2. The maximum atomic E-state index is 12.3. The number of pyridine rings is 1. The van der Waals surface area contributed by atoms with Crippen LogP contribution in [0.2, 0.25) is 0 Å². The highest BCUT2D eigenvalue weighted by molar-refractivity contribution is 7.80. The van der Waals surface area contributed by atoms with Gasteiger partial charge in [0.2, 0.25) is 0 Å². The van der Waals surface area contributed by atoms with Crippen LogP contribution in [0.15, 0.2) is 59.6 Å². The van der Waals surface area contributed by atoms with Crippen molar-refractivity contribution in [2.75, 3.05) is 13.2 Å². The van der Waals surface area contributed by atoms with E-state index in [1.807, 2.05) is 28.4 Å². The number of benzene rings is 1. The summed E-state index contributed by atoms with van der Waals surface area (Å²) in [5.74, 6) is 0.452. The van der Waals surface area contributed by atoms with Crippen LogP contribution < -0.4 is 15.5 Å². The van der Waals surface area contributed by atoms with E-state index in [0.29, 0.717) is 30.0 Å². The molecule has 3 N–H and O–H groups in total. The van der Waals surface area contributed by atoms with Crippen molar-refractivity contribution in [2.24, 2.45) is 0 Å². The van der Waals surface area contributed by atoms with Gasteiger partial charge in [0.05, 0.1) is 12.1 Å². The van der Waals surface area contributed by atoms with Crippen molar-refractivity contribution in [2.45, 2.75) is 0 Å². The van der Waals surface area contributed by atoms with Gasteiger partial charge in [0, 0.05) is 23.5 Å². The number of carbonyl (C=O) groups excluding carboxylic acids is 1. The molecular weight excluding hydrogens is 382 g/mol. The molecule has 0 fully saturated rings. The van der Waals surface area contributed by atoms with Crippen LogP contribution in [0.4, 0.5) is 0 Å². The molecule has 0 saturated carbocycles. The monoisotopic (exact) mass is 399 g/mol. The molecule has 0 aliphatic carbocycles. The minimum absolute atomic E-state index is 0.196. The van der Waals surface area contributed by atoms with Gasteiger partial charge in [-0.05, 0) is 52.7 Å². The molecule has 27 heavy (non-hydrogen) atoms. The molecule has 138 valence electrons. The van der Waals surface area contributed by atoms with E-state index in [4.69, 9.17) is 22.2 Å². The van der Waals surface area contributed by atoms with E-state index in [9.17, 15) is 4.79 Å². The Morgan fingerprint density at radius 2 is 1.96 bits per heavy atom. The van der Waals surface area contributed by atoms with Crippen LogP contribution in [0.25, 0.3) is 11.1 Å². The molecule has 0 saturated heterocycles. The van der Waals surface area contributed by atoms with Crippen molar-refractivity contribution in [3.05, 3.63) is 70.7 Å². The molecule has 0 unspecified atom stereocenters. The third-order valence-electron chi connectivity index (χ3n) is 3.73. The molecule has 2 heterocycles. The lowest BCUT2D eigenvalue weighted by Crippen LogP contribution is -2.28. The fourth-order valence-electron chi connectivity index (χ4n) is 2.35. The first-order chi connectivity index (χ1) is 13.2. The third kappa shape index (κ3) is 5.10. The van der Waals surface area contributed by atoms with Gasteiger partial charge in [0.1, 0.15) is 17.3 Å². The number of carbonyl (C=O) groups is 1. The highest BCUT2D eigenvalue weighted by atomic mass is 32.1. The van der Waals surface area contributed by atoms with Crippen LogP contribution >= 0.6 is 23.6 Å². The second kappa shape index (κ2) is 9.22. The van der Waals surface area contributed by atoms with E-state index in [2.05, 4.69) is 10.3 Å². The smallest absolute Gasteiger partial charge is 0.252 e. The summed E-state index contributed by atoms with van der Waals surface area (Å²) in [4.78, 5) is 16.7. The molecule has 6 nitrogen and oxygen atoms in total. The molecule has 3 rings (SSSR count). The van der Waals surface area contributed by atoms with E-state index >= 15 is 0 Å². The predicted molar refractivity (Wildman–Crippen MR) is 108 cm³/mol. The van der Waals surface area contributed by atoms with Gasteiger partial charge in [-0.2, -0.15) is 11.3 Å². The van der Waals surface area contributed by atoms with Crippen LogP contribution in [0.1, 0.15) is 15.9 Å². The number of hydrogen-bond donors (Lipinski definition) is 3. The minimum atomic E-state index is -0.196. The van der Waals surface area contributed by atoms with Gasteiger partial charge in [0.15, 0.2) is 0 Å². The number of nitrogens with one attached hydrogen (secondary N) is 2. The van der Waals surface area contributed by atoms with Gasteiger partial charge in [-0.15, -0.1) is 0 Å². The summed E-state index contributed by atoms with van der Waals surface area (Å²) in [6.07, 6.45) is 3.28. The number of aromatic nitrogens is 1. The Kier molecular flexibility index (Phi) is 6.48. The lowest BCUT2D eigenvalue weighted by Gasteiger charge is -2.09. The normalized spacial score (nSPS) is 10.3. The quantitative estimate of drug-likeness (QED) is 0.321. The van der Waals surface area contributed by atoms with Gasteiger partial charge in [0.25, 0.3) is 5.91 Å². The zero-order valence-corrected chi connectivity index (χ0v) is 15.8. The van der Waals surface area contributed by atoms with Crippen LogP contribution in [0.5, 0.6) is 5.75 Å². The van der Waals surface area contributed by atoms with Crippen LogP contribution in [-0.4, -0.2) is 34.2 Å². The summed E-state index contributed by atoms with van der Waals surface area (Å²) in [7, 11) is 0. The van der Waals surface area contributed by atoms with E-state index in [-0.39, 0.29) is 10.9 Å². The molecule has 0 atom stereocenters. The molecule has 3 aromatic rings. The van der Waals surface area contributed by atoms with Gasteiger partial charge >= 0.3 is 0 Å². The number of nitrogens with zero attached hydrogens (tertiary/aromatic N) is 1. The van der Waals surface area contributed by atoms with Crippen LogP contribution in [0, 0.1) is 0 Å². The van der Waals surface area contributed by atoms with Gasteiger partial charge < -0.3 is 10.1 Å². The molecule has 0 aliphatic rings. The average Bonchev–Trinajstić information content (AvgIpc) is 3.26. The molecule has 0 bridgehead atoms. The largest absolute Gasteiger partial charge is 0.492 e. The Balaban J connectivity index is 1.48. The second-order valence-electron chi connectivity index (χ2n) is 5.54. The standard InChI is InChI=1S/C19H17N3O3S2/c23-18(16-9-15(10-20-11-16)14-5-8-27-12-14)21-6-7-25-17-3-1-13(2-4-17)19(26)22-24/h1-5,8-12,24H,6-7H2,(H,21,23)(H,22,26). The van der Waals surface area contributed by atoms with E-state index in [1.54, 1.807) is 48.0 Å². The molecule has 0 radical (unpaired) electrons. The highest BCUT2D eigenvalue weighted by Gasteiger charge is 2.08. The second-order valence-corrected chi connectivity index (χ2v) is 6.73. The maximum absolute atomic E-state index is 12.3. The summed E-state index contributed by atoms with van der Waals surface area (Å²) in [5.41, 5.74) is 5.08. The SMILES string of the molecule is O=C(NCCOc1ccc(C(=S)NO)cc1)c1cncc(-c2ccsc2)c1. The minimum Gasteiger partial charge on any atom is -0.492 e. The summed E-state index contributed by atoms with van der Waals surface area (Å²) in [6.45, 7) is 0.686. The topological polar surface area (TPSA) is 83.5 Å². The number of thiocarbonyl (C=S) groups is 1. The lowest BCUT2D eigenvalue weighted by atomic mass is 10.1. The average molecular weight is 399 g/mol. The van der Waals surface area contributed by atoms with E-state index in [0.717, 1.165) is 11.1 Å². The van der Waals surface area contributed by atoms with Gasteiger partial charge in [-0.3, -0.25) is 20.5 Å². The third-order valence-corrected chi connectivity index (χ3v) is 4.74. The Labute approximate surface area is 165 Å². The number of thiophene rings is 1. The lowest BCUT2D eigenvalue weighted by molar-refractivity contribution is 0.0946. The molecule has 1 amide bonds. The first-order valence-electron chi connectivity index (χ1n) is 8.10. The first kappa shape index (κ1) is 19.0. The highest BCUT2D eigenvalue weighted by Crippen LogP contribution is 2.21. The van der Waals surface area contributed by atoms with Gasteiger partial charge in [-0.25, -0.2) is 0 Å². The fraction of sp³-hybridized carbons (Fsp3) is 0.105. The Hall–Kier alpha value is -2.81. The Bertz CT molecular complexity index is 912. The number of ether oxygens (including phenoxy) is 1. The number of amides is 1. The van der Waals surface area contributed by atoms with Crippen molar-refractivity contribution in [1.82, 2.24) is 15.8 Å². The number of rotatable bonds is 7. The van der Waals surface area contributed by atoms with Crippen LogP contribution in [0.3, 0.4) is 0 Å². The van der Waals surface area contributed by atoms with Gasteiger partial charge in [-0.1, -0.05) is 12.2 Å². The van der Waals surface area contributed by atoms with E-state index < -0.39 is 0 Å². The molecule has 0 spiro atoms. The van der Waals surface area contributed by atoms with Crippen molar-refractivity contribution >= 4 is 34.5 Å². The Morgan fingerprint density at radius 3 is 2.67 bits per heavy atom. The van der Waals surface area contributed by atoms with E-state index in [1.165, 1.54) is 0 Å². The first-order valence-corrected chi connectivity index (χ1v) is 9.45. The maximum Gasteiger partial charge on any atom is 0.252 e. The molecule has 2 aromatic heterocycles. The summed E-state index contributed by atoms with van der Waals surface area (Å²) >= 11 is 6.53. The van der Waals surface area contributed by atoms with Crippen molar-refractivity contribution in [1.29, 1.82) is 0 Å². The molecule has 0 aliphatic heterocycles. The van der Waals surface area contributed by atoms with Crippen LogP contribution in [-0.2, 0) is 0 Å². The number of hydrogen-bond acceptors (Lipinski definition) is 6. The molecule has 1 aromatic carbocycles. The van der Waals surface area contributed by atoms with Crippen molar-refractivity contribution < 1.29 is 14.7 Å². The molecule has 8 heteroatoms. The summed E-state index contributed by atoms with van der Waals surface area (Å²) in [6, 6.07) is 10.8. The zero-order valence-electron chi connectivity index (χ0n) is 14.2. The zero-order chi connectivity index (χ0) is 19.1. The summed E-state index contributed by atoms with van der Waals surface area (Å²) in [5, 5.41) is 15.6. The van der Waals surface area contributed by atoms with Crippen molar-refractivity contribution in [3.8, 4) is 16.9 Å². The predicted octanol–water partition coefficient (Wildman–Crippen LogP) is 3.27. The Morgan fingerprint density at radius 1 is 1.15 bits per heavy atom. The fourth-order valence-corrected chi connectivity index (χ4v) is 3.15. The summed E-state index contributed by atoms with van der Waals surface area (Å²) < 4.78 is 5.59. The van der Waals surface area contributed by atoms with Crippen molar-refractivity contribution in [3.63, 3.8) is 0 Å².